The van der Waals surface area contributed by atoms with Crippen LogP contribution in [-0.2, 0) is 0 Å². The molecular formula is C6H11ClO. The number of alkyl halides is 1. The minimum Gasteiger partial charge on any atom is -0.392 e. The van der Waals surface area contributed by atoms with Crippen LogP contribution in [0.4, 0.5) is 0 Å². The summed E-state index contributed by atoms with van der Waals surface area (Å²) >= 11 is 5.38. The number of allylic oxidation sites excluding steroid dienone is 1. The van der Waals surface area contributed by atoms with Gasteiger partial charge in [-0.2, -0.15) is 0 Å². The van der Waals surface area contributed by atoms with Gasteiger partial charge in [0.15, 0.2) is 0 Å². The second-order valence-electron chi connectivity index (χ2n) is 1.49. The number of halogens is 1. The van der Waals surface area contributed by atoms with Crippen molar-refractivity contribution in [1.29, 1.82) is 0 Å². The Morgan fingerprint density at radius 2 is 2.12 bits per heavy atom. The molecule has 0 fully saturated rings. The van der Waals surface area contributed by atoms with Crippen molar-refractivity contribution in [3.8, 4) is 0 Å². The molecule has 0 bridgehead atoms. The molecule has 0 aromatic rings. The van der Waals surface area contributed by atoms with Gasteiger partial charge in [-0.25, -0.2) is 0 Å². The quantitative estimate of drug-likeness (QED) is 0.352. The summed E-state index contributed by atoms with van der Waals surface area (Å²) < 4.78 is 0. The SMILES string of the molecule is OC/C=C/CCCCl. The third-order valence-corrected chi connectivity index (χ3v) is 1.04. The van der Waals surface area contributed by atoms with Gasteiger partial charge in [-0.05, 0) is 12.8 Å². The Hall–Kier alpha value is -0.0100. The highest BCUT2D eigenvalue weighted by Gasteiger charge is 1.76. The van der Waals surface area contributed by atoms with Crippen molar-refractivity contribution >= 4 is 11.6 Å². The lowest BCUT2D eigenvalue weighted by Gasteiger charge is -1.84. The minimum absolute atomic E-state index is 0.141. The van der Waals surface area contributed by atoms with Gasteiger partial charge in [0.1, 0.15) is 0 Å². The number of unbranched alkanes of at least 4 members (excludes halogenated alkanes) is 1. The predicted molar refractivity (Wildman–Crippen MR) is 36.2 cm³/mol. The summed E-state index contributed by atoms with van der Waals surface area (Å²) in [5, 5.41) is 8.25. The van der Waals surface area contributed by atoms with Crippen LogP contribution in [0.5, 0.6) is 0 Å². The number of aliphatic hydroxyl groups is 1. The number of hydrogen-bond donors (Lipinski definition) is 1. The lowest BCUT2D eigenvalue weighted by atomic mass is 10.3. The predicted octanol–water partition coefficient (Wildman–Crippen LogP) is 1.55. The molecule has 2 heteroatoms. The molecule has 1 N–H and O–H groups in total. The fraction of sp³-hybridized carbons (Fsp3) is 0.667. The summed E-state index contributed by atoms with van der Waals surface area (Å²) in [4.78, 5) is 0. The topological polar surface area (TPSA) is 20.2 Å². The van der Waals surface area contributed by atoms with Crippen molar-refractivity contribution in [3.05, 3.63) is 12.2 Å². The van der Waals surface area contributed by atoms with Gasteiger partial charge in [-0.1, -0.05) is 12.2 Å². The molecule has 0 aromatic heterocycles. The van der Waals surface area contributed by atoms with E-state index in [1.165, 1.54) is 0 Å². The Morgan fingerprint density at radius 3 is 2.62 bits per heavy atom. The fourth-order valence-electron chi connectivity index (χ4n) is 0.387. The van der Waals surface area contributed by atoms with Gasteiger partial charge >= 0.3 is 0 Å². The highest BCUT2D eigenvalue weighted by atomic mass is 35.5. The van der Waals surface area contributed by atoms with E-state index in [1.807, 2.05) is 6.08 Å². The lowest BCUT2D eigenvalue weighted by molar-refractivity contribution is 0.342. The van der Waals surface area contributed by atoms with Gasteiger partial charge in [0.05, 0.1) is 6.61 Å². The van der Waals surface area contributed by atoms with Crippen LogP contribution in [0.3, 0.4) is 0 Å². The fourth-order valence-corrected chi connectivity index (χ4v) is 0.542. The summed E-state index contributed by atoms with van der Waals surface area (Å²) in [5.41, 5.74) is 0. The monoisotopic (exact) mass is 134 g/mol. The summed E-state index contributed by atoms with van der Waals surface area (Å²) in [5.74, 6) is 0.704. The third kappa shape index (κ3) is 5.99. The summed E-state index contributed by atoms with van der Waals surface area (Å²) in [6.07, 6.45) is 5.64. The van der Waals surface area contributed by atoms with Gasteiger partial charge in [0.25, 0.3) is 0 Å². The molecule has 0 saturated heterocycles. The van der Waals surface area contributed by atoms with Gasteiger partial charge < -0.3 is 5.11 Å². The maximum absolute atomic E-state index is 8.25. The minimum atomic E-state index is 0.141. The second kappa shape index (κ2) is 6.99. The van der Waals surface area contributed by atoms with E-state index < -0.39 is 0 Å². The Morgan fingerprint density at radius 1 is 1.38 bits per heavy atom. The van der Waals surface area contributed by atoms with Crippen molar-refractivity contribution in [2.75, 3.05) is 12.5 Å². The van der Waals surface area contributed by atoms with E-state index in [1.54, 1.807) is 6.08 Å². The molecule has 0 spiro atoms. The summed E-state index contributed by atoms with van der Waals surface area (Å²) in [6, 6.07) is 0. The van der Waals surface area contributed by atoms with Gasteiger partial charge in [0, 0.05) is 5.88 Å². The van der Waals surface area contributed by atoms with Gasteiger partial charge in [-0.3, -0.25) is 0 Å². The molecule has 0 amide bonds. The zero-order valence-corrected chi connectivity index (χ0v) is 5.56. The molecule has 0 atom stereocenters. The van der Waals surface area contributed by atoms with E-state index in [9.17, 15) is 0 Å². The van der Waals surface area contributed by atoms with Crippen LogP contribution in [0.1, 0.15) is 12.8 Å². The van der Waals surface area contributed by atoms with Crippen LogP contribution in [-0.4, -0.2) is 17.6 Å². The Bertz CT molecular complexity index is 61.5. The Balaban J connectivity index is 2.80. The van der Waals surface area contributed by atoms with Crippen LogP contribution in [0.15, 0.2) is 12.2 Å². The standard InChI is InChI=1S/C6H11ClO/c7-5-3-1-2-4-6-8/h2,4,8H,1,3,5-6H2/b4-2+. The van der Waals surface area contributed by atoms with Gasteiger partial charge in [-0.15, -0.1) is 11.6 Å². The molecule has 8 heavy (non-hydrogen) atoms. The molecule has 1 nitrogen and oxygen atoms in total. The molecule has 0 heterocycles. The summed E-state index contributed by atoms with van der Waals surface area (Å²) in [6.45, 7) is 0.141. The zero-order chi connectivity index (χ0) is 6.24. The maximum atomic E-state index is 8.25. The molecule has 0 radical (unpaired) electrons. The molecule has 0 rings (SSSR count). The maximum Gasteiger partial charge on any atom is 0.0612 e. The van der Waals surface area contributed by atoms with E-state index in [-0.39, 0.29) is 6.61 Å². The van der Waals surface area contributed by atoms with Crippen molar-refractivity contribution < 1.29 is 5.11 Å². The van der Waals surface area contributed by atoms with Crippen LogP contribution in [0.2, 0.25) is 0 Å². The number of rotatable bonds is 4. The van der Waals surface area contributed by atoms with E-state index in [2.05, 4.69) is 0 Å². The van der Waals surface area contributed by atoms with Crippen molar-refractivity contribution in [2.24, 2.45) is 0 Å². The molecule has 0 saturated carbocycles. The smallest absolute Gasteiger partial charge is 0.0612 e. The Labute approximate surface area is 55.0 Å². The Kier molecular flexibility index (Phi) is 6.98. The first-order chi connectivity index (χ1) is 3.91. The largest absolute Gasteiger partial charge is 0.392 e. The van der Waals surface area contributed by atoms with Crippen molar-refractivity contribution in [3.63, 3.8) is 0 Å². The van der Waals surface area contributed by atoms with E-state index in [0.717, 1.165) is 12.8 Å². The molecule has 0 aliphatic carbocycles. The third-order valence-electron chi connectivity index (χ3n) is 0.776. The van der Waals surface area contributed by atoms with Crippen LogP contribution < -0.4 is 0 Å². The average Bonchev–Trinajstić information content (AvgIpc) is 1.81. The first-order valence-electron chi connectivity index (χ1n) is 2.73. The van der Waals surface area contributed by atoms with Crippen LogP contribution >= 0.6 is 11.6 Å². The first-order valence-corrected chi connectivity index (χ1v) is 3.27. The van der Waals surface area contributed by atoms with E-state index >= 15 is 0 Å². The van der Waals surface area contributed by atoms with Crippen LogP contribution in [0, 0.1) is 0 Å². The molecular weight excluding hydrogens is 124 g/mol. The molecule has 0 aliphatic heterocycles. The first kappa shape index (κ1) is 7.99. The van der Waals surface area contributed by atoms with Crippen molar-refractivity contribution in [2.45, 2.75) is 12.8 Å². The molecule has 48 valence electrons. The van der Waals surface area contributed by atoms with Gasteiger partial charge in [0.2, 0.25) is 0 Å². The van der Waals surface area contributed by atoms with Crippen molar-refractivity contribution in [1.82, 2.24) is 0 Å². The number of hydrogen-bond acceptors (Lipinski definition) is 1. The van der Waals surface area contributed by atoms with Crippen LogP contribution in [0.25, 0.3) is 0 Å². The second-order valence-corrected chi connectivity index (χ2v) is 1.86. The van der Waals surface area contributed by atoms with E-state index in [0.29, 0.717) is 5.88 Å². The molecule has 0 aromatic carbocycles. The molecule has 0 unspecified atom stereocenters. The zero-order valence-electron chi connectivity index (χ0n) is 4.81. The lowest BCUT2D eigenvalue weighted by Crippen LogP contribution is -1.73. The van der Waals surface area contributed by atoms with E-state index in [4.69, 9.17) is 16.7 Å². The summed E-state index contributed by atoms with van der Waals surface area (Å²) in [7, 11) is 0. The molecule has 0 aliphatic rings. The highest BCUT2D eigenvalue weighted by Crippen LogP contribution is 1.91. The normalized spacial score (nSPS) is 10.8. The highest BCUT2D eigenvalue weighted by molar-refractivity contribution is 6.17. The number of aliphatic hydroxyl groups excluding tert-OH is 1. The average molecular weight is 135 g/mol.